The minimum absolute atomic E-state index is 0.799. The second-order valence-corrected chi connectivity index (χ2v) is 4.47. The molecular weight excluding hydrogens is 220 g/mol. The normalized spacial score (nSPS) is 10.7. The third kappa shape index (κ3) is 1.72. The topological polar surface area (TPSA) is 38.9 Å². The van der Waals surface area contributed by atoms with E-state index in [9.17, 15) is 0 Å². The number of hydrogen-bond acceptors (Lipinski definition) is 2. The lowest BCUT2D eigenvalue weighted by molar-refractivity contribution is 1.41. The molecule has 2 nitrogen and oxygen atoms in total. The highest BCUT2D eigenvalue weighted by molar-refractivity contribution is 5.96. The van der Waals surface area contributed by atoms with E-state index in [1.54, 1.807) is 0 Å². The zero-order valence-electron chi connectivity index (χ0n) is 10.2. The number of aryl methyl sites for hydroxylation is 1. The van der Waals surface area contributed by atoms with Gasteiger partial charge in [-0.1, -0.05) is 36.4 Å². The molecule has 18 heavy (non-hydrogen) atoms. The molecule has 3 rings (SSSR count). The van der Waals surface area contributed by atoms with Gasteiger partial charge >= 0.3 is 0 Å². The van der Waals surface area contributed by atoms with Crippen molar-refractivity contribution >= 4 is 16.6 Å². The first-order chi connectivity index (χ1) is 8.75. The Bertz CT molecular complexity index is 712. The molecule has 1 aromatic heterocycles. The van der Waals surface area contributed by atoms with Crippen LogP contribution in [0.4, 0.5) is 5.69 Å². The second kappa shape index (κ2) is 4.15. The summed E-state index contributed by atoms with van der Waals surface area (Å²) in [5.41, 5.74) is 11.2. The molecule has 3 aromatic rings. The van der Waals surface area contributed by atoms with E-state index in [2.05, 4.69) is 35.3 Å². The van der Waals surface area contributed by atoms with Crippen LogP contribution in [-0.4, -0.2) is 4.98 Å². The van der Waals surface area contributed by atoms with Crippen molar-refractivity contribution in [3.8, 4) is 11.1 Å². The average Bonchev–Trinajstić information content (AvgIpc) is 2.38. The fourth-order valence-corrected chi connectivity index (χ4v) is 2.25. The fourth-order valence-electron chi connectivity index (χ4n) is 2.25. The maximum atomic E-state index is 6.12. The van der Waals surface area contributed by atoms with Gasteiger partial charge in [0, 0.05) is 28.4 Å². The van der Waals surface area contributed by atoms with Crippen LogP contribution in [0.25, 0.3) is 22.0 Å². The number of aromatic nitrogens is 1. The van der Waals surface area contributed by atoms with Crippen LogP contribution in [-0.2, 0) is 0 Å². The molecule has 1 heterocycles. The summed E-state index contributed by atoms with van der Waals surface area (Å²) in [6, 6.07) is 16.3. The van der Waals surface area contributed by atoms with Gasteiger partial charge in [-0.3, -0.25) is 4.98 Å². The molecule has 0 unspecified atom stereocenters. The maximum absolute atomic E-state index is 6.12. The van der Waals surface area contributed by atoms with Crippen molar-refractivity contribution in [3.63, 3.8) is 0 Å². The van der Waals surface area contributed by atoms with E-state index < -0.39 is 0 Å². The van der Waals surface area contributed by atoms with Crippen LogP contribution in [0.2, 0.25) is 0 Å². The molecule has 0 saturated carbocycles. The van der Waals surface area contributed by atoms with Crippen molar-refractivity contribution in [1.82, 2.24) is 4.98 Å². The molecule has 88 valence electrons. The molecule has 0 fully saturated rings. The van der Waals surface area contributed by atoms with Gasteiger partial charge in [-0.2, -0.15) is 0 Å². The average molecular weight is 234 g/mol. The van der Waals surface area contributed by atoms with E-state index in [4.69, 9.17) is 5.73 Å². The third-order valence-electron chi connectivity index (χ3n) is 3.13. The Kier molecular flexibility index (Phi) is 2.49. The van der Waals surface area contributed by atoms with Crippen molar-refractivity contribution in [1.29, 1.82) is 0 Å². The Balaban J connectivity index is 2.31. The first-order valence-electron chi connectivity index (χ1n) is 5.96. The van der Waals surface area contributed by atoms with E-state index in [1.165, 1.54) is 5.56 Å². The van der Waals surface area contributed by atoms with Gasteiger partial charge in [-0.05, 0) is 24.6 Å². The lowest BCUT2D eigenvalue weighted by Crippen LogP contribution is -1.92. The monoisotopic (exact) mass is 234 g/mol. The molecule has 2 N–H and O–H groups in total. The zero-order valence-corrected chi connectivity index (χ0v) is 10.2. The summed E-state index contributed by atoms with van der Waals surface area (Å²) < 4.78 is 0. The Labute approximate surface area is 106 Å². The van der Waals surface area contributed by atoms with E-state index >= 15 is 0 Å². The van der Waals surface area contributed by atoms with Gasteiger partial charge in [-0.15, -0.1) is 0 Å². The summed E-state index contributed by atoms with van der Waals surface area (Å²) in [6.07, 6.45) is 1.82. The van der Waals surface area contributed by atoms with Crippen LogP contribution in [0.3, 0.4) is 0 Å². The van der Waals surface area contributed by atoms with Gasteiger partial charge < -0.3 is 5.73 Å². The zero-order chi connectivity index (χ0) is 12.5. The number of benzene rings is 2. The number of anilines is 1. The summed E-state index contributed by atoms with van der Waals surface area (Å²) in [7, 11) is 0. The SMILES string of the molecule is Cc1ccc(-c2cccc3cccnc23)c(N)c1. The van der Waals surface area contributed by atoms with Crippen LogP contribution < -0.4 is 5.73 Å². The fraction of sp³-hybridized carbons (Fsp3) is 0.0625. The van der Waals surface area contributed by atoms with Gasteiger partial charge in [0.2, 0.25) is 0 Å². The first kappa shape index (κ1) is 10.8. The summed E-state index contributed by atoms with van der Waals surface area (Å²) in [5, 5.41) is 1.13. The number of rotatable bonds is 1. The quantitative estimate of drug-likeness (QED) is 0.650. The van der Waals surface area contributed by atoms with Gasteiger partial charge in [-0.25, -0.2) is 0 Å². The Morgan fingerprint density at radius 3 is 2.61 bits per heavy atom. The predicted molar refractivity (Wildman–Crippen MR) is 76.3 cm³/mol. The molecule has 0 saturated heterocycles. The number of hydrogen-bond donors (Lipinski definition) is 1. The lowest BCUT2D eigenvalue weighted by Gasteiger charge is -2.09. The number of fused-ring (bicyclic) bond motifs is 1. The van der Waals surface area contributed by atoms with Crippen molar-refractivity contribution in [2.24, 2.45) is 0 Å². The molecule has 0 atom stereocenters. The summed E-state index contributed by atoms with van der Waals surface area (Å²) >= 11 is 0. The first-order valence-corrected chi connectivity index (χ1v) is 5.96. The van der Waals surface area contributed by atoms with Crippen molar-refractivity contribution < 1.29 is 0 Å². The molecule has 0 spiro atoms. The maximum Gasteiger partial charge on any atom is 0.0781 e. The highest BCUT2D eigenvalue weighted by Gasteiger charge is 2.07. The van der Waals surface area contributed by atoms with Crippen molar-refractivity contribution in [2.75, 3.05) is 5.73 Å². The van der Waals surface area contributed by atoms with E-state index in [-0.39, 0.29) is 0 Å². The second-order valence-electron chi connectivity index (χ2n) is 4.47. The van der Waals surface area contributed by atoms with Crippen LogP contribution in [0.5, 0.6) is 0 Å². The number of nitrogen functional groups attached to an aromatic ring is 1. The Morgan fingerprint density at radius 2 is 1.78 bits per heavy atom. The summed E-state index contributed by atoms with van der Waals surface area (Å²) in [6.45, 7) is 2.04. The van der Waals surface area contributed by atoms with Crippen LogP contribution in [0.15, 0.2) is 54.7 Å². The highest BCUT2D eigenvalue weighted by atomic mass is 14.7. The summed E-state index contributed by atoms with van der Waals surface area (Å²) in [5.74, 6) is 0. The number of nitrogens with two attached hydrogens (primary N) is 1. The van der Waals surface area contributed by atoms with E-state index in [1.807, 2.05) is 31.3 Å². The molecule has 0 radical (unpaired) electrons. The minimum atomic E-state index is 0.799. The standard InChI is InChI=1S/C16H14N2/c1-11-7-8-13(15(17)10-11)14-6-2-4-12-5-3-9-18-16(12)14/h2-10H,17H2,1H3. The van der Waals surface area contributed by atoms with Crippen LogP contribution >= 0.6 is 0 Å². The van der Waals surface area contributed by atoms with Gasteiger partial charge in [0.05, 0.1) is 5.52 Å². The minimum Gasteiger partial charge on any atom is -0.398 e. The Morgan fingerprint density at radius 1 is 0.944 bits per heavy atom. The van der Waals surface area contributed by atoms with Crippen molar-refractivity contribution in [3.05, 3.63) is 60.3 Å². The number of nitrogens with zero attached hydrogens (tertiary/aromatic N) is 1. The van der Waals surface area contributed by atoms with Gasteiger partial charge in [0.15, 0.2) is 0 Å². The molecular formula is C16H14N2. The largest absolute Gasteiger partial charge is 0.398 e. The van der Waals surface area contributed by atoms with Gasteiger partial charge in [0.1, 0.15) is 0 Å². The molecule has 2 aromatic carbocycles. The third-order valence-corrected chi connectivity index (χ3v) is 3.13. The Hall–Kier alpha value is -2.35. The number of pyridine rings is 1. The van der Waals surface area contributed by atoms with Crippen molar-refractivity contribution in [2.45, 2.75) is 6.92 Å². The molecule has 0 amide bonds. The highest BCUT2D eigenvalue weighted by Crippen LogP contribution is 2.31. The lowest BCUT2D eigenvalue weighted by atomic mass is 9.99. The molecule has 0 bridgehead atoms. The predicted octanol–water partition coefficient (Wildman–Crippen LogP) is 3.79. The number of para-hydroxylation sites is 1. The van der Waals surface area contributed by atoms with E-state index in [0.29, 0.717) is 0 Å². The van der Waals surface area contributed by atoms with Crippen LogP contribution in [0.1, 0.15) is 5.56 Å². The van der Waals surface area contributed by atoms with Crippen LogP contribution in [0, 0.1) is 6.92 Å². The smallest absolute Gasteiger partial charge is 0.0781 e. The molecule has 2 heteroatoms. The van der Waals surface area contributed by atoms with E-state index in [0.717, 1.165) is 27.7 Å². The molecule has 0 aliphatic rings. The molecule has 0 aliphatic carbocycles. The molecule has 0 aliphatic heterocycles. The summed E-state index contributed by atoms with van der Waals surface area (Å²) in [4.78, 5) is 4.47. The van der Waals surface area contributed by atoms with Gasteiger partial charge in [0.25, 0.3) is 0 Å².